The molecule has 1 amide bonds. The first kappa shape index (κ1) is 26.7. The molecule has 1 aliphatic rings. The Kier molecular flexibility index (Phi) is 7.08. The lowest BCUT2D eigenvalue weighted by Crippen LogP contribution is -2.49. The summed E-state index contributed by atoms with van der Waals surface area (Å²) in [4.78, 5) is 29.8. The molecule has 0 radical (unpaired) electrons. The predicted octanol–water partition coefficient (Wildman–Crippen LogP) is 3.40. The molecule has 1 aliphatic heterocycles. The number of hydrogen-bond donors (Lipinski definition) is 0. The number of imidazole rings is 1. The number of carbonyl (C=O) groups is 1. The number of rotatable bonds is 6. The summed E-state index contributed by atoms with van der Waals surface area (Å²) in [5, 5.41) is 0. The Morgan fingerprint density at radius 1 is 0.821 bits per heavy atom. The van der Waals surface area contributed by atoms with E-state index in [1.807, 2.05) is 30.3 Å². The van der Waals surface area contributed by atoms with Crippen LogP contribution in [-0.2, 0) is 34.1 Å². The molecular formula is C27H25F3N4O4S. The van der Waals surface area contributed by atoms with Gasteiger partial charge in [0.15, 0.2) is 0 Å². The molecule has 2 heterocycles. The average Bonchev–Trinajstić information content (AvgIpc) is 3.21. The van der Waals surface area contributed by atoms with Crippen LogP contribution in [0.4, 0.5) is 13.2 Å². The zero-order valence-corrected chi connectivity index (χ0v) is 21.5. The second-order valence-corrected chi connectivity index (χ2v) is 11.1. The van der Waals surface area contributed by atoms with Crippen molar-refractivity contribution in [2.75, 3.05) is 26.2 Å². The van der Waals surface area contributed by atoms with Crippen molar-refractivity contribution in [3.05, 3.63) is 100 Å². The van der Waals surface area contributed by atoms with Crippen LogP contribution < -0.4 is 5.69 Å². The molecule has 8 nitrogen and oxygen atoms in total. The van der Waals surface area contributed by atoms with Gasteiger partial charge >= 0.3 is 11.9 Å². The molecule has 4 aromatic rings. The van der Waals surface area contributed by atoms with Crippen LogP contribution in [-0.4, -0.2) is 58.8 Å². The van der Waals surface area contributed by atoms with Crippen LogP contribution in [0.15, 0.2) is 88.6 Å². The molecule has 0 bridgehead atoms. The Morgan fingerprint density at radius 2 is 1.46 bits per heavy atom. The Bertz CT molecular complexity index is 1670. The molecule has 0 unspecified atom stereocenters. The average molecular weight is 559 g/mol. The number of nitrogens with zero attached hydrogens (tertiary/aromatic N) is 4. The smallest absolute Gasteiger partial charge is 0.339 e. The maximum atomic E-state index is 13.4. The van der Waals surface area contributed by atoms with Crippen molar-refractivity contribution in [1.82, 2.24) is 18.3 Å². The van der Waals surface area contributed by atoms with Gasteiger partial charge in [-0.05, 0) is 35.9 Å². The number of amides is 1. The van der Waals surface area contributed by atoms with Gasteiger partial charge in [-0.2, -0.15) is 17.1 Å². The molecular weight excluding hydrogens is 533 g/mol. The lowest BCUT2D eigenvalue weighted by atomic mass is 10.2. The van der Waals surface area contributed by atoms with Gasteiger partial charge in [0.25, 0.3) is 10.0 Å². The summed E-state index contributed by atoms with van der Waals surface area (Å²) in [5.74, 6) is -0.351. The fourth-order valence-electron chi connectivity index (χ4n) is 4.74. The van der Waals surface area contributed by atoms with Crippen LogP contribution in [0.3, 0.4) is 0 Å². The summed E-state index contributed by atoms with van der Waals surface area (Å²) in [7, 11) is -4.70. The molecule has 5 rings (SSSR count). The highest BCUT2D eigenvalue weighted by Gasteiger charge is 2.33. The zero-order valence-electron chi connectivity index (χ0n) is 20.7. The van der Waals surface area contributed by atoms with E-state index in [-0.39, 0.29) is 16.9 Å². The second-order valence-electron chi connectivity index (χ2n) is 9.30. The second kappa shape index (κ2) is 10.3. The molecule has 39 heavy (non-hydrogen) atoms. The molecule has 1 aromatic heterocycles. The monoisotopic (exact) mass is 558 g/mol. The number of halogens is 3. The molecule has 0 atom stereocenters. The minimum absolute atomic E-state index is 0.0274. The van der Waals surface area contributed by atoms with E-state index in [1.165, 1.54) is 23.8 Å². The summed E-state index contributed by atoms with van der Waals surface area (Å²) in [5.41, 5.74) is -0.847. The number of aromatic nitrogens is 2. The molecule has 1 fully saturated rings. The lowest BCUT2D eigenvalue weighted by molar-refractivity contribution is -0.137. The molecule has 0 aliphatic carbocycles. The number of benzene rings is 3. The van der Waals surface area contributed by atoms with Crippen molar-refractivity contribution in [1.29, 1.82) is 0 Å². The fourth-order valence-corrected chi connectivity index (χ4v) is 6.19. The van der Waals surface area contributed by atoms with E-state index in [0.29, 0.717) is 36.2 Å². The molecule has 1 saturated heterocycles. The van der Waals surface area contributed by atoms with Crippen LogP contribution in [0.5, 0.6) is 0 Å². The van der Waals surface area contributed by atoms with Gasteiger partial charge in [0.1, 0.15) is 6.54 Å². The third kappa shape index (κ3) is 5.34. The summed E-state index contributed by atoms with van der Waals surface area (Å²) >= 11 is 0. The number of para-hydroxylation sites is 2. The van der Waals surface area contributed by atoms with Gasteiger partial charge in [0, 0.05) is 32.7 Å². The van der Waals surface area contributed by atoms with Gasteiger partial charge in [-0.3, -0.25) is 14.3 Å². The van der Waals surface area contributed by atoms with Crippen molar-refractivity contribution in [3.8, 4) is 0 Å². The van der Waals surface area contributed by atoms with E-state index in [2.05, 4.69) is 4.90 Å². The van der Waals surface area contributed by atoms with Gasteiger partial charge in [-0.25, -0.2) is 13.2 Å². The predicted molar refractivity (Wildman–Crippen MR) is 139 cm³/mol. The van der Waals surface area contributed by atoms with E-state index in [9.17, 15) is 31.2 Å². The minimum atomic E-state index is -4.76. The molecule has 204 valence electrons. The third-order valence-corrected chi connectivity index (χ3v) is 8.45. The first-order chi connectivity index (χ1) is 18.6. The summed E-state index contributed by atoms with van der Waals surface area (Å²) < 4.78 is 68.1. The fraction of sp³-hybridized carbons (Fsp3) is 0.259. The number of alkyl halides is 3. The van der Waals surface area contributed by atoms with Crippen LogP contribution >= 0.6 is 0 Å². The Hall–Kier alpha value is -3.90. The standard InChI is InChI=1S/C27H25F3N4O4S/c28-27(29,30)21-9-6-10-22(17-21)39(37,38)34-24-12-5-4-11-23(24)33(26(34)36)19-25(35)32-15-13-31(14-16-32)18-20-7-2-1-3-8-20/h1-12,17H,13-16,18-19H2. The first-order valence-electron chi connectivity index (χ1n) is 12.2. The highest BCUT2D eigenvalue weighted by Crippen LogP contribution is 2.31. The Morgan fingerprint density at radius 3 is 2.13 bits per heavy atom. The molecule has 0 spiro atoms. The third-order valence-electron chi connectivity index (χ3n) is 6.76. The first-order valence-corrected chi connectivity index (χ1v) is 13.7. The van der Waals surface area contributed by atoms with E-state index < -0.39 is 38.9 Å². The highest BCUT2D eigenvalue weighted by atomic mass is 32.2. The molecule has 0 saturated carbocycles. The quantitative estimate of drug-likeness (QED) is 0.362. The van der Waals surface area contributed by atoms with Gasteiger partial charge in [-0.15, -0.1) is 0 Å². The number of piperazine rings is 1. The summed E-state index contributed by atoms with van der Waals surface area (Å²) in [6.45, 7) is 2.53. The van der Waals surface area contributed by atoms with Gasteiger partial charge in [0.2, 0.25) is 5.91 Å². The normalized spacial score (nSPS) is 15.1. The zero-order chi connectivity index (χ0) is 27.8. The maximum Gasteiger partial charge on any atom is 0.416 e. The van der Waals surface area contributed by atoms with Crippen LogP contribution in [0.25, 0.3) is 11.0 Å². The van der Waals surface area contributed by atoms with Crippen molar-refractivity contribution in [2.24, 2.45) is 0 Å². The van der Waals surface area contributed by atoms with E-state index >= 15 is 0 Å². The van der Waals surface area contributed by atoms with Gasteiger partial charge in [-0.1, -0.05) is 48.5 Å². The molecule has 3 aromatic carbocycles. The highest BCUT2D eigenvalue weighted by molar-refractivity contribution is 7.90. The molecule has 0 N–H and O–H groups in total. The summed E-state index contributed by atoms with van der Waals surface area (Å²) in [6.07, 6.45) is -4.76. The topological polar surface area (TPSA) is 84.6 Å². The largest absolute Gasteiger partial charge is 0.416 e. The van der Waals surface area contributed by atoms with E-state index in [4.69, 9.17) is 0 Å². The van der Waals surface area contributed by atoms with E-state index in [1.54, 1.807) is 11.0 Å². The van der Waals surface area contributed by atoms with Crippen molar-refractivity contribution in [2.45, 2.75) is 24.2 Å². The Labute approximate surface area is 222 Å². The van der Waals surface area contributed by atoms with Crippen molar-refractivity contribution in [3.63, 3.8) is 0 Å². The van der Waals surface area contributed by atoms with Crippen molar-refractivity contribution >= 4 is 27.0 Å². The Balaban J connectivity index is 1.40. The van der Waals surface area contributed by atoms with Gasteiger partial charge in [0.05, 0.1) is 21.5 Å². The maximum absolute atomic E-state index is 13.4. The van der Waals surface area contributed by atoms with E-state index in [0.717, 1.165) is 29.3 Å². The van der Waals surface area contributed by atoms with Crippen LogP contribution in [0.2, 0.25) is 0 Å². The number of carbonyl (C=O) groups excluding carboxylic acids is 1. The molecule has 12 heteroatoms. The van der Waals surface area contributed by atoms with Gasteiger partial charge < -0.3 is 4.90 Å². The summed E-state index contributed by atoms with van der Waals surface area (Å²) in [6, 6.07) is 19.2. The van der Waals surface area contributed by atoms with Crippen LogP contribution in [0.1, 0.15) is 11.1 Å². The minimum Gasteiger partial charge on any atom is -0.339 e. The van der Waals surface area contributed by atoms with Crippen LogP contribution in [0, 0.1) is 0 Å². The lowest BCUT2D eigenvalue weighted by Gasteiger charge is -2.34. The SMILES string of the molecule is O=C(Cn1c(=O)n(S(=O)(=O)c2cccc(C(F)(F)F)c2)c2ccccc21)N1CCN(Cc2ccccc2)CC1. The number of fused-ring (bicyclic) bond motifs is 1. The van der Waals surface area contributed by atoms with Crippen molar-refractivity contribution < 1.29 is 26.4 Å². The number of hydrogen-bond acceptors (Lipinski definition) is 5.